The van der Waals surface area contributed by atoms with E-state index in [1.54, 1.807) is 36.4 Å². The van der Waals surface area contributed by atoms with Crippen molar-refractivity contribution in [3.8, 4) is 0 Å². The van der Waals surface area contributed by atoms with Crippen molar-refractivity contribution >= 4 is 40.7 Å². The number of amides is 2. The summed E-state index contributed by atoms with van der Waals surface area (Å²) in [6.45, 7) is 0. The van der Waals surface area contributed by atoms with Crippen LogP contribution in [0.5, 0.6) is 0 Å². The summed E-state index contributed by atoms with van der Waals surface area (Å²) in [4.78, 5) is 29.9. The number of rotatable bonds is 4. The summed E-state index contributed by atoms with van der Waals surface area (Å²) in [7, 11) is 0. The van der Waals surface area contributed by atoms with Gasteiger partial charge in [-0.15, -0.1) is 0 Å². The zero-order valence-electron chi connectivity index (χ0n) is 18.0. The third kappa shape index (κ3) is 2.60. The molecule has 0 unspecified atom stereocenters. The lowest BCUT2D eigenvalue weighted by molar-refractivity contribution is -0.124. The van der Waals surface area contributed by atoms with Gasteiger partial charge in [0, 0.05) is 10.0 Å². The van der Waals surface area contributed by atoms with E-state index in [0.29, 0.717) is 15.7 Å². The molecule has 2 amide bonds. The average Bonchev–Trinajstić information content (AvgIpc) is 3.46. The van der Waals surface area contributed by atoms with E-state index in [9.17, 15) is 9.59 Å². The highest BCUT2D eigenvalue weighted by Crippen LogP contribution is 2.77. The number of anilines is 1. The molecule has 0 aromatic heterocycles. The van der Waals surface area contributed by atoms with E-state index in [1.807, 2.05) is 72.8 Å². The van der Waals surface area contributed by atoms with Gasteiger partial charge in [0.15, 0.2) is 0 Å². The Morgan fingerprint density at radius 3 is 1.50 bits per heavy atom. The second-order valence-electron chi connectivity index (χ2n) is 8.74. The largest absolute Gasteiger partial charge is 0.274 e. The maximum atomic E-state index is 14.5. The Bertz CT molecular complexity index is 1360. The van der Waals surface area contributed by atoms with Crippen molar-refractivity contribution in [2.75, 3.05) is 4.90 Å². The molecule has 4 aromatic rings. The van der Waals surface area contributed by atoms with Crippen molar-refractivity contribution in [2.24, 2.45) is 5.92 Å². The lowest BCUT2D eigenvalue weighted by atomic mass is 9.76. The Morgan fingerprint density at radius 2 is 1.00 bits per heavy atom. The van der Waals surface area contributed by atoms with Crippen LogP contribution in [0.4, 0.5) is 5.69 Å². The first-order valence-electron chi connectivity index (χ1n) is 11.0. The molecule has 6 rings (SSSR count). The molecule has 0 radical (unpaired) electrons. The van der Waals surface area contributed by atoms with Crippen LogP contribution in [0.25, 0.3) is 0 Å². The highest BCUT2D eigenvalue weighted by Gasteiger charge is 2.89. The predicted octanol–water partition coefficient (Wildman–Crippen LogP) is 6.42. The fourth-order valence-corrected chi connectivity index (χ4v) is 6.22. The van der Waals surface area contributed by atoms with Crippen molar-refractivity contribution in [1.29, 1.82) is 0 Å². The van der Waals surface area contributed by atoms with Crippen LogP contribution in [0.15, 0.2) is 109 Å². The summed E-state index contributed by atoms with van der Waals surface area (Å²) in [5.41, 5.74) is 1.29. The van der Waals surface area contributed by atoms with E-state index < -0.39 is 16.7 Å². The molecule has 2 atom stereocenters. The van der Waals surface area contributed by atoms with Crippen LogP contribution in [0, 0.1) is 5.92 Å². The summed E-state index contributed by atoms with van der Waals surface area (Å²) in [5.74, 6) is -1.04. The number of carbonyl (C=O) groups is 2. The first kappa shape index (κ1) is 21.2. The Hall–Kier alpha value is -3.40. The number of benzene rings is 4. The van der Waals surface area contributed by atoms with Gasteiger partial charge in [-0.3, -0.25) is 9.59 Å². The van der Waals surface area contributed by atoms with Gasteiger partial charge in [0.25, 0.3) is 0 Å². The minimum absolute atomic E-state index is 0.213. The third-order valence-electron chi connectivity index (χ3n) is 7.26. The molecule has 2 aliphatic rings. The van der Waals surface area contributed by atoms with Gasteiger partial charge >= 0.3 is 0 Å². The molecular weight excluding hydrogens is 465 g/mol. The van der Waals surface area contributed by atoms with Gasteiger partial charge in [0.2, 0.25) is 11.8 Å². The van der Waals surface area contributed by atoms with Crippen molar-refractivity contribution in [3.05, 3.63) is 136 Å². The lowest BCUT2D eigenvalue weighted by Gasteiger charge is -2.31. The molecule has 2 fully saturated rings. The van der Waals surface area contributed by atoms with Crippen LogP contribution >= 0.6 is 23.2 Å². The SMILES string of the molecule is O=C1[C@@H]2C(c3ccccc3)(c3ccccc3)[C@]2(c2ccc(Cl)cc2)C(=O)N1c1ccc(Cl)cc1. The number of hydrogen-bond donors (Lipinski definition) is 0. The summed E-state index contributed by atoms with van der Waals surface area (Å²) < 4.78 is 0. The van der Waals surface area contributed by atoms with Crippen LogP contribution < -0.4 is 4.90 Å². The maximum Gasteiger partial charge on any atom is 0.246 e. The molecule has 1 aliphatic heterocycles. The summed E-state index contributed by atoms with van der Waals surface area (Å²) in [6, 6.07) is 33.9. The first-order chi connectivity index (χ1) is 16.5. The molecule has 1 aliphatic carbocycles. The Morgan fingerprint density at radius 1 is 0.559 bits per heavy atom. The molecule has 166 valence electrons. The number of carbonyl (C=O) groups excluding carboxylic acids is 2. The normalized spacial score (nSPS) is 22.5. The van der Waals surface area contributed by atoms with Crippen LogP contribution in [0.2, 0.25) is 10.0 Å². The molecule has 1 saturated carbocycles. The first-order valence-corrected chi connectivity index (χ1v) is 11.8. The van der Waals surface area contributed by atoms with Crippen molar-refractivity contribution in [2.45, 2.75) is 10.8 Å². The number of nitrogens with zero attached hydrogens (tertiary/aromatic N) is 1. The zero-order chi connectivity index (χ0) is 23.5. The molecule has 5 heteroatoms. The van der Waals surface area contributed by atoms with Crippen LogP contribution in [0.3, 0.4) is 0 Å². The second kappa shape index (κ2) is 7.56. The smallest absolute Gasteiger partial charge is 0.246 e. The molecular formula is C29H19Cl2NO2. The van der Waals surface area contributed by atoms with E-state index in [-0.39, 0.29) is 11.8 Å². The monoisotopic (exact) mass is 483 g/mol. The van der Waals surface area contributed by atoms with Crippen LogP contribution in [0.1, 0.15) is 16.7 Å². The quantitative estimate of drug-likeness (QED) is 0.314. The van der Waals surface area contributed by atoms with Crippen molar-refractivity contribution in [3.63, 3.8) is 0 Å². The van der Waals surface area contributed by atoms with Gasteiger partial charge in [-0.05, 0) is 53.1 Å². The molecule has 0 bridgehead atoms. The topological polar surface area (TPSA) is 37.4 Å². The van der Waals surface area contributed by atoms with E-state index in [2.05, 4.69) is 0 Å². The molecule has 4 aromatic carbocycles. The van der Waals surface area contributed by atoms with Crippen molar-refractivity contribution in [1.82, 2.24) is 0 Å². The molecule has 1 saturated heterocycles. The van der Waals surface area contributed by atoms with E-state index in [1.165, 1.54) is 4.90 Å². The Balaban J connectivity index is 1.64. The van der Waals surface area contributed by atoms with E-state index >= 15 is 0 Å². The summed E-state index contributed by atoms with van der Waals surface area (Å²) in [5, 5.41) is 1.12. The van der Waals surface area contributed by atoms with Gasteiger partial charge in [-0.25, -0.2) is 4.90 Å². The second-order valence-corrected chi connectivity index (χ2v) is 9.62. The summed E-state index contributed by atoms with van der Waals surface area (Å²) in [6.07, 6.45) is 0. The molecule has 0 N–H and O–H groups in total. The number of piperidine rings is 1. The lowest BCUT2D eigenvalue weighted by Crippen LogP contribution is -2.44. The van der Waals surface area contributed by atoms with E-state index in [4.69, 9.17) is 23.2 Å². The van der Waals surface area contributed by atoms with Gasteiger partial charge in [-0.2, -0.15) is 0 Å². The molecule has 1 heterocycles. The van der Waals surface area contributed by atoms with Gasteiger partial charge in [0.05, 0.1) is 17.0 Å². The minimum atomic E-state index is -1.09. The molecule has 34 heavy (non-hydrogen) atoms. The minimum Gasteiger partial charge on any atom is -0.274 e. The average molecular weight is 484 g/mol. The predicted molar refractivity (Wildman–Crippen MR) is 134 cm³/mol. The van der Waals surface area contributed by atoms with Crippen molar-refractivity contribution < 1.29 is 9.59 Å². The fourth-order valence-electron chi connectivity index (χ4n) is 5.97. The Labute approximate surface area is 207 Å². The standard InChI is InChI=1S/C29H19Cl2NO2/c30-22-13-11-21(12-14-22)29-25(26(33)32(27(29)34)24-17-15-23(31)16-18-24)28(29,19-7-3-1-4-8-19)20-9-5-2-6-10-20/h1-18,25H/t25-,29+/m1/s1. The zero-order valence-corrected chi connectivity index (χ0v) is 19.5. The fraction of sp³-hybridized carbons (Fsp3) is 0.103. The van der Waals surface area contributed by atoms with Gasteiger partial charge in [-0.1, -0.05) is 96.0 Å². The third-order valence-corrected chi connectivity index (χ3v) is 7.76. The number of hydrogen-bond acceptors (Lipinski definition) is 2. The molecule has 0 spiro atoms. The van der Waals surface area contributed by atoms with Gasteiger partial charge in [0.1, 0.15) is 5.41 Å². The summed E-state index contributed by atoms with van der Waals surface area (Å²) >= 11 is 12.3. The van der Waals surface area contributed by atoms with Crippen LogP contribution in [-0.2, 0) is 20.4 Å². The Kier molecular flexibility index (Phi) is 4.70. The van der Waals surface area contributed by atoms with E-state index in [0.717, 1.165) is 16.7 Å². The number of fused-ring (bicyclic) bond motifs is 1. The van der Waals surface area contributed by atoms with Gasteiger partial charge < -0.3 is 0 Å². The highest BCUT2D eigenvalue weighted by molar-refractivity contribution is 6.33. The highest BCUT2D eigenvalue weighted by atomic mass is 35.5. The van der Waals surface area contributed by atoms with Crippen LogP contribution in [-0.4, -0.2) is 11.8 Å². The number of imide groups is 1. The maximum absolute atomic E-state index is 14.5. The molecule has 3 nitrogen and oxygen atoms in total. The number of halogens is 2.